The van der Waals surface area contributed by atoms with Gasteiger partial charge in [-0.2, -0.15) is 0 Å². The predicted octanol–water partition coefficient (Wildman–Crippen LogP) is 1.30. The van der Waals surface area contributed by atoms with Crippen LogP contribution in [0.5, 0.6) is 5.75 Å². The minimum absolute atomic E-state index is 0.672. The summed E-state index contributed by atoms with van der Waals surface area (Å²) < 4.78 is 7.24. The lowest BCUT2D eigenvalue weighted by molar-refractivity contribution is 0.412. The smallest absolute Gasteiger partial charge is 0.146 e. The first kappa shape index (κ1) is 13.5. The number of hydrogen-bond acceptors (Lipinski definition) is 5. The average molecular weight is 261 g/mol. The molecule has 6 nitrogen and oxygen atoms in total. The first-order valence-corrected chi connectivity index (χ1v) is 6.32. The zero-order valence-corrected chi connectivity index (χ0v) is 11.6. The van der Waals surface area contributed by atoms with Gasteiger partial charge in [-0.15, -0.1) is 10.2 Å². The molecule has 19 heavy (non-hydrogen) atoms. The fourth-order valence-electron chi connectivity index (χ4n) is 1.89. The molecule has 0 atom stereocenters. The molecule has 0 unspecified atom stereocenters. The summed E-state index contributed by atoms with van der Waals surface area (Å²) in [5.41, 5.74) is 1.91. The summed E-state index contributed by atoms with van der Waals surface area (Å²) in [5, 5.41) is 11.3. The number of ether oxygens (including phenoxy) is 1. The molecular weight excluding hydrogens is 242 g/mol. The van der Waals surface area contributed by atoms with Gasteiger partial charge < -0.3 is 14.6 Å². The zero-order valence-electron chi connectivity index (χ0n) is 11.6. The van der Waals surface area contributed by atoms with Gasteiger partial charge in [-0.05, 0) is 13.8 Å². The molecule has 0 fully saturated rings. The second-order valence-electron chi connectivity index (χ2n) is 4.28. The van der Waals surface area contributed by atoms with E-state index in [1.807, 2.05) is 23.6 Å². The summed E-state index contributed by atoms with van der Waals surface area (Å²) in [6.07, 6.45) is 1.74. The van der Waals surface area contributed by atoms with Crippen LogP contribution in [0.1, 0.15) is 24.1 Å². The zero-order chi connectivity index (χ0) is 13.7. The first-order chi connectivity index (χ1) is 9.22. The topological polar surface area (TPSA) is 64.9 Å². The minimum Gasteiger partial charge on any atom is -0.497 e. The van der Waals surface area contributed by atoms with Crippen molar-refractivity contribution in [1.29, 1.82) is 0 Å². The third kappa shape index (κ3) is 3.51. The molecule has 0 aliphatic carbocycles. The Bertz CT molecular complexity index is 538. The van der Waals surface area contributed by atoms with E-state index in [-0.39, 0.29) is 0 Å². The summed E-state index contributed by atoms with van der Waals surface area (Å²) in [4.78, 5) is 4.46. The molecule has 0 aliphatic rings. The highest BCUT2D eigenvalue weighted by Crippen LogP contribution is 2.13. The van der Waals surface area contributed by atoms with Crippen LogP contribution in [0.4, 0.5) is 0 Å². The van der Waals surface area contributed by atoms with Crippen LogP contribution < -0.4 is 10.1 Å². The molecule has 2 heterocycles. The number of aryl methyl sites for hydroxylation is 2. The molecule has 0 aromatic carbocycles. The monoisotopic (exact) mass is 261 g/mol. The second-order valence-corrected chi connectivity index (χ2v) is 4.28. The van der Waals surface area contributed by atoms with Crippen molar-refractivity contribution in [2.45, 2.75) is 33.5 Å². The van der Waals surface area contributed by atoms with Crippen LogP contribution in [0.15, 0.2) is 18.5 Å². The van der Waals surface area contributed by atoms with Gasteiger partial charge in [0.25, 0.3) is 0 Å². The Morgan fingerprint density at radius 2 is 2.16 bits per heavy atom. The number of aromatic nitrogens is 4. The van der Waals surface area contributed by atoms with Gasteiger partial charge in [-0.25, -0.2) is 0 Å². The summed E-state index contributed by atoms with van der Waals surface area (Å²) in [7, 11) is 1.66. The third-order valence-electron chi connectivity index (χ3n) is 2.84. The van der Waals surface area contributed by atoms with E-state index in [0.717, 1.165) is 29.5 Å². The molecule has 2 aromatic heterocycles. The lowest BCUT2D eigenvalue weighted by Crippen LogP contribution is -2.17. The molecule has 0 radical (unpaired) electrons. The molecule has 1 N–H and O–H groups in total. The van der Waals surface area contributed by atoms with E-state index in [1.54, 1.807) is 13.4 Å². The molecule has 6 heteroatoms. The van der Waals surface area contributed by atoms with Crippen LogP contribution in [-0.4, -0.2) is 26.9 Å². The summed E-state index contributed by atoms with van der Waals surface area (Å²) in [5.74, 6) is 1.77. The van der Waals surface area contributed by atoms with E-state index in [1.165, 1.54) is 0 Å². The van der Waals surface area contributed by atoms with Crippen LogP contribution in [0.25, 0.3) is 0 Å². The Balaban J connectivity index is 1.94. The minimum atomic E-state index is 0.672. The van der Waals surface area contributed by atoms with Gasteiger partial charge in [0.05, 0.1) is 19.3 Å². The number of pyridine rings is 1. The Morgan fingerprint density at radius 1 is 1.32 bits per heavy atom. The van der Waals surface area contributed by atoms with Crippen LogP contribution in [0.2, 0.25) is 0 Å². The van der Waals surface area contributed by atoms with Crippen molar-refractivity contribution in [3.05, 3.63) is 35.7 Å². The molecular formula is C13H19N5O. The van der Waals surface area contributed by atoms with Crippen molar-refractivity contribution in [2.24, 2.45) is 0 Å². The molecule has 0 spiro atoms. The van der Waals surface area contributed by atoms with Gasteiger partial charge in [0.1, 0.15) is 17.9 Å². The molecule has 102 valence electrons. The summed E-state index contributed by atoms with van der Waals surface area (Å²) in [6, 6.07) is 3.85. The fraction of sp³-hybridized carbons (Fsp3) is 0.462. The second kappa shape index (κ2) is 6.29. The molecule has 0 aliphatic heterocycles. The SMILES string of the molecule is CCn1cnnc1CNCc1cc(OC)cc(C)n1. The van der Waals surface area contributed by atoms with Gasteiger partial charge in [0.15, 0.2) is 0 Å². The number of hydrogen-bond donors (Lipinski definition) is 1. The maximum absolute atomic E-state index is 5.23. The molecule has 0 bridgehead atoms. The first-order valence-electron chi connectivity index (χ1n) is 6.32. The highest BCUT2D eigenvalue weighted by atomic mass is 16.5. The highest BCUT2D eigenvalue weighted by Gasteiger charge is 2.04. The Hall–Kier alpha value is -1.95. The largest absolute Gasteiger partial charge is 0.497 e. The third-order valence-corrected chi connectivity index (χ3v) is 2.84. The van der Waals surface area contributed by atoms with E-state index in [9.17, 15) is 0 Å². The van der Waals surface area contributed by atoms with Crippen LogP contribution in [-0.2, 0) is 19.6 Å². The van der Waals surface area contributed by atoms with Crippen LogP contribution in [0, 0.1) is 6.92 Å². The molecule has 2 aromatic rings. The van der Waals surface area contributed by atoms with Gasteiger partial charge in [-0.1, -0.05) is 0 Å². The number of methoxy groups -OCH3 is 1. The predicted molar refractivity (Wildman–Crippen MR) is 71.8 cm³/mol. The average Bonchev–Trinajstić information content (AvgIpc) is 2.85. The maximum atomic E-state index is 5.23. The molecule has 2 rings (SSSR count). The van der Waals surface area contributed by atoms with E-state index in [0.29, 0.717) is 13.1 Å². The van der Waals surface area contributed by atoms with E-state index >= 15 is 0 Å². The Kier molecular flexibility index (Phi) is 4.46. The lowest BCUT2D eigenvalue weighted by atomic mass is 10.3. The Labute approximate surface area is 112 Å². The van der Waals surface area contributed by atoms with Crippen molar-refractivity contribution in [1.82, 2.24) is 25.1 Å². The lowest BCUT2D eigenvalue weighted by Gasteiger charge is -2.08. The van der Waals surface area contributed by atoms with Crippen molar-refractivity contribution in [2.75, 3.05) is 7.11 Å². The molecule has 0 saturated heterocycles. The van der Waals surface area contributed by atoms with E-state index in [4.69, 9.17) is 4.74 Å². The van der Waals surface area contributed by atoms with Crippen LogP contribution >= 0.6 is 0 Å². The highest BCUT2D eigenvalue weighted by molar-refractivity contribution is 5.26. The molecule has 0 saturated carbocycles. The summed E-state index contributed by atoms with van der Waals surface area (Å²) >= 11 is 0. The van der Waals surface area contributed by atoms with Gasteiger partial charge in [0.2, 0.25) is 0 Å². The maximum Gasteiger partial charge on any atom is 0.146 e. The molecule has 0 amide bonds. The van der Waals surface area contributed by atoms with Crippen molar-refractivity contribution in [3.8, 4) is 5.75 Å². The number of nitrogens with one attached hydrogen (secondary N) is 1. The van der Waals surface area contributed by atoms with Crippen molar-refractivity contribution < 1.29 is 4.74 Å². The fourth-order valence-corrected chi connectivity index (χ4v) is 1.89. The van der Waals surface area contributed by atoms with E-state index in [2.05, 4.69) is 27.4 Å². The Morgan fingerprint density at radius 3 is 2.89 bits per heavy atom. The summed E-state index contributed by atoms with van der Waals surface area (Å²) in [6.45, 7) is 6.25. The standard InChI is InChI=1S/C13H19N5O/c1-4-18-9-15-17-13(18)8-14-7-11-6-12(19-3)5-10(2)16-11/h5-6,9,14H,4,7-8H2,1-3H3. The number of nitrogens with zero attached hydrogens (tertiary/aromatic N) is 4. The van der Waals surface area contributed by atoms with Crippen LogP contribution in [0.3, 0.4) is 0 Å². The van der Waals surface area contributed by atoms with Crippen molar-refractivity contribution in [3.63, 3.8) is 0 Å². The number of rotatable bonds is 6. The van der Waals surface area contributed by atoms with Crippen molar-refractivity contribution >= 4 is 0 Å². The van der Waals surface area contributed by atoms with Gasteiger partial charge in [-0.3, -0.25) is 4.98 Å². The quantitative estimate of drug-likeness (QED) is 0.849. The van der Waals surface area contributed by atoms with Gasteiger partial charge in [0, 0.05) is 30.9 Å². The van der Waals surface area contributed by atoms with E-state index < -0.39 is 0 Å². The normalized spacial score (nSPS) is 10.7. The van der Waals surface area contributed by atoms with Gasteiger partial charge >= 0.3 is 0 Å².